The summed E-state index contributed by atoms with van der Waals surface area (Å²) in [5.74, 6) is -0.674. The van der Waals surface area contributed by atoms with Gasteiger partial charge in [-0.2, -0.15) is 0 Å². The molecule has 0 atom stereocenters. The largest absolute Gasteiger partial charge is 0.390 e. The number of aliphatic hydroxyl groups is 1. The lowest BCUT2D eigenvalue weighted by Gasteiger charge is -2.22. The average molecular weight is 195 g/mol. The fourth-order valence-corrected chi connectivity index (χ4v) is 1.53. The normalized spacial score (nSPS) is 19.9. The molecule has 0 spiro atoms. The summed E-state index contributed by atoms with van der Waals surface area (Å²) in [6, 6.07) is 3.63. The van der Waals surface area contributed by atoms with Crippen LogP contribution in [0.2, 0.25) is 0 Å². The van der Waals surface area contributed by atoms with Gasteiger partial charge in [-0.25, -0.2) is 0 Å². The van der Waals surface area contributed by atoms with Crippen molar-refractivity contribution in [3.8, 4) is 0 Å². The van der Waals surface area contributed by atoms with Crippen LogP contribution in [0.25, 0.3) is 0 Å². The summed E-state index contributed by atoms with van der Waals surface area (Å²) >= 11 is 0. The Morgan fingerprint density at radius 2 is 2.21 bits per heavy atom. The highest BCUT2D eigenvalue weighted by Gasteiger charge is 2.33. The van der Waals surface area contributed by atoms with Gasteiger partial charge in [-0.3, -0.25) is 4.98 Å². The second-order valence-electron chi connectivity index (χ2n) is 3.34. The first kappa shape index (κ1) is 9.58. The van der Waals surface area contributed by atoms with Crippen LogP contribution in [0, 0.1) is 0 Å². The van der Waals surface area contributed by atoms with Crippen LogP contribution in [0.1, 0.15) is 18.2 Å². The zero-order chi connectivity index (χ0) is 10.0. The number of aliphatic hydroxyl groups excluding tert-OH is 1. The van der Waals surface area contributed by atoms with E-state index in [1.54, 1.807) is 12.3 Å². The highest BCUT2D eigenvalue weighted by Crippen LogP contribution is 2.30. The van der Waals surface area contributed by atoms with Crippen LogP contribution < -0.4 is 0 Å². The fraction of sp³-hybridized carbons (Fsp3) is 0.500. The van der Waals surface area contributed by atoms with Gasteiger partial charge in [0.2, 0.25) is 0 Å². The second kappa shape index (κ2) is 3.65. The predicted octanol–water partition coefficient (Wildman–Crippen LogP) is 0.793. The first-order chi connectivity index (χ1) is 6.74. The van der Waals surface area contributed by atoms with Gasteiger partial charge in [0.05, 0.1) is 25.5 Å². The van der Waals surface area contributed by atoms with Crippen molar-refractivity contribution < 1.29 is 14.6 Å². The first-order valence-electron chi connectivity index (χ1n) is 4.59. The molecule has 2 rings (SSSR count). The third-order valence-electron chi connectivity index (χ3n) is 2.34. The van der Waals surface area contributed by atoms with Gasteiger partial charge in [-0.1, -0.05) is 0 Å². The Morgan fingerprint density at radius 3 is 2.86 bits per heavy atom. The van der Waals surface area contributed by atoms with E-state index in [9.17, 15) is 0 Å². The minimum atomic E-state index is -0.674. The van der Waals surface area contributed by atoms with Crippen LogP contribution in [-0.2, 0) is 21.9 Å². The lowest BCUT2D eigenvalue weighted by molar-refractivity contribution is -0.149. The number of nitrogens with zero attached hydrogens (tertiary/aromatic N) is 1. The van der Waals surface area contributed by atoms with Gasteiger partial charge in [-0.05, 0) is 19.1 Å². The average Bonchev–Trinajstić information content (AvgIpc) is 2.67. The Bertz CT molecular complexity index is 321. The van der Waals surface area contributed by atoms with Gasteiger partial charge in [0.15, 0.2) is 5.79 Å². The number of hydrogen-bond donors (Lipinski definition) is 1. The van der Waals surface area contributed by atoms with E-state index in [1.807, 2.05) is 13.0 Å². The lowest BCUT2D eigenvalue weighted by Crippen LogP contribution is -2.22. The molecule has 1 aliphatic heterocycles. The van der Waals surface area contributed by atoms with Crippen molar-refractivity contribution in [1.29, 1.82) is 0 Å². The topological polar surface area (TPSA) is 51.6 Å². The van der Waals surface area contributed by atoms with Gasteiger partial charge < -0.3 is 14.6 Å². The van der Waals surface area contributed by atoms with Gasteiger partial charge in [0, 0.05) is 11.8 Å². The monoisotopic (exact) mass is 195 g/mol. The number of ether oxygens (including phenoxy) is 2. The molecule has 14 heavy (non-hydrogen) atoms. The summed E-state index contributed by atoms with van der Waals surface area (Å²) in [6.07, 6.45) is 1.65. The van der Waals surface area contributed by atoms with Crippen LogP contribution in [-0.4, -0.2) is 23.3 Å². The quantitative estimate of drug-likeness (QED) is 0.758. The SMILES string of the molecule is CC1(c2ccnc(CO)c2)OCCO1. The molecule has 76 valence electrons. The molecule has 0 unspecified atom stereocenters. The first-order valence-corrected chi connectivity index (χ1v) is 4.59. The summed E-state index contributed by atoms with van der Waals surface area (Å²) in [5, 5.41) is 8.94. The zero-order valence-corrected chi connectivity index (χ0v) is 8.06. The maximum Gasteiger partial charge on any atom is 0.192 e. The Kier molecular flexibility index (Phi) is 2.50. The van der Waals surface area contributed by atoms with Crippen molar-refractivity contribution in [2.24, 2.45) is 0 Å². The van der Waals surface area contributed by atoms with Crippen LogP contribution in [0.15, 0.2) is 18.3 Å². The molecular weight excluding hydrogens is 182 g/mol. The summed E-state index contributed by atoms with van der Waals surface area (Å²) in [4.78, 5) is 4.00. The minimum Gasteiger partial charge on any atom is -0.390 e. The van der Waals surface area contributed by atoms with E-state index in [0.717, 1.165) is 5.56 Å². The molecule has 0 amide bonds. The molecule has 0 bridgehead atoms. The van der Waals surface area contributed by atoms with Gasteiger partial charge >= 0.3 is 0 Å². The van der Waals surface area contributed by atoms with Crippen molar-refractivity contribution in [2.75, 3.05) is 13.2 Å². The molecule has 0 aliphatic carbocycles. The zero-order valence-electron chi connectivity index (χ0n) is 8.06. The van der Waals surface area contributed by atoms with Crippen LogP contribution in [0.5, 0.6) is 0 Å². The molecule has 4 nitrogen and oxygen atoms in total. The highest BCUT2D eigenvalue weighted by molar-refractivity contribution is 5.21. The van der Waals surface area contributed by atoms with Gasteiger partial charge in [-0.15, -0.1) is 0 Å². The van der Waals surface area contributed by atoms with E-state index >= 15 is 0 Å². The van der Waals surface area contributed by atoms with Crippen LogP contribution in [0.3, 0.4) is 0 Å². The summed E-state index contributed by atoms with van der Waals surface area (Å²) in [6.45, 7) is 3.01. The fourth-order valence-electron chi connectivity index (χ4n) is 1.53. The van der Waals surface area contributed by atoms with E-state index in [0.29, 0.717) is 18.9 Å². The molecular formula is C10H13NO3. The molecule has 1 aromatic heterocycles. The number of pyridine rings is 1. The van der Waals surface area contributed by atoms with Gasteiger partial charge in [0.25, 0.3) is 0 Å². The van der Waals surface area contributed by atoms with E-state index in [2.05, 4.69) is 4.98 Å². The maximum absolute atomic E-state index is 8.94. The molecule has 0 radical (unpaired) electrons. The second-order valence-corrected chi connectivity index (χ2v) is 3.34. The summed E-state index contributed by atoms with van der Waals surface area (Å²) in [5.41, 5.74) is 1.52. The Balaban J connectivity index is 2.30. The van der Waals surface area contributed by atoms with Crippen molar-refractivity contribution in [1.82, 2.24) is 4.98 Å². The predicted molar refractivity (Wildman–Crippen MR) is 49.4 cm³/mol. The maximum atomic E-state index is 8.94. The molecule has 4 heteroatoms. The standard InChI is InChI=1S/C10H13NO3/c1-10(13-4-5-14-10)8-2-3-11-9(6-8)7-12/h2-3,6,12H,4-5,7H2,1H3. The third-order valence-corrected chi connectivity index (χ3v) is 2.34. The molecule has 1 fully saturated rings. The Hall–Kier alpha value is -0.970. The Morgan fingerprint density at radius 1 is 1.50 bits per heavy atom. The van der Waals surface area contributed by atoms with E-state index in [1.165, 1.54) is 0 Å². The molecule has 1 saturated heterocycles. The van der Waals surface area contributed by atoms with E-state index in [4.69, 9.17) is 14.6 Å². The number of rotatable bonds is 2. The molecule has 1 aliphatic rings. The van der Waals surface area contributed by atoms with Crippen LogP contribution >= 0.6 is 0 Å². The van der Waals surface area contributed by atoms with Crippen molar-refractivity contribution in [3.63, 3.8) is 0 Å². The smallest absolute Gasteiger partial charge is 0.192 e. The van der Waals surface area contributed by atoms with Crippen LogP contribution in [0.4, 0.5) is 0 Å². The molecule has 0 aromatic carbocycles. The summed E-state index contributed by atoms with van der Waals surface area (Å²) < 4.78 is 11.0. The Labute approximate surface area is 82.5 Å². The van der Waals surface area contributed by atoms with Crippen molar-refractivity contribution >= 4 is 0 Å². The number of aromatic nitrogens is 1. The van der Waals surface area contributed by atoms with Gasteiger partial charge in [0.1, 0.15) is 0 Å². The minimum absolute atomic E-state index is 0.0656. The molecule has 0 saturated carbocycles. The van der Waals surface area contributed by atoms with Crippen molar-refractivity contribution in [3.05, 3.63) is 29.6 Å². The summed E-state index contributed by atoms with van der Waals surface area (Å²) in [7, 11) is 0. The van der Waals surface area contributed by atoms with E-state index in [-0.39, 0.29) is 6.61 Å². The van der Waals surface area contributed by atoms with Crippen molar-refractivity contribution in [2.45, 2.75) is 19.3 Å². The molecule has 2 heterocycles. The number of hydrogen-bond acceptors (Lipinski definition) is 4. The lowest BCUT2D eigenvalue weighted by atomic mass is 10.1. The molecule has 1 N–H and O–H groups in total. The third kappa shape index (κ3) is 1.64. The molecule has 1 aromatic rings. The van der Waals surface area contributed by atoms with E-state index < -0.39 is 5.79 Å². The highest BCUT2D eigenvalue weighted by atomic mass is 16.7.